The molecule has 2 aliphatic heterocycles. The molecule has 102 valence electrons. The van der Waals surface area contributed by atoms with E-state index >= 15 is 0 Å². The van der Waals surface area contributed by atoms with E-state index in [2.05, 4.69) is 5.32 Å². The number of carbonyl (C=O) groups is 2. The number of nitrogens with zero attached hydrogens (tertiary/aromatic N) is 1. The molecule has 2 heterocycles. The van der Waals surface area contributed by atoms with Gasteiger partial charge in [0.1, 0.15) is 0 Å². The van der Waals surface area contributed by atoms with Gasteiger partial charge in [-0.05, 0) is 19.4 Å². The zero-order chi connectivity index (χ0) is 13.2. The lowest BCUT2D eigenvalue weighted by molar-refractivity contribution is -0.142. The molecule has 0 aromatic carbocycles. The van der Waals surface area contributed by atoms with Gasteiger partial charge in [0.2, 0.25) is 11.8 Å². The van der Waals surface area contributed by atoms with Crippen LogP contribution in [0.5, 0.6) is 0 Å². The molecule has 2 rings (SSSR count). The first-order chi connectivity index (χ1) is 8.58. The fraction of sp³-hybridized carbons (Fsp3) is 0.846. The number of hydrogen-bond acceptors (Lipinski definition) is 4. The van der Waals surface area contributed by atoms with Crippen LogP contribution in [0.2, 0.25) is 0 Å². The summed E-state index contributed by atoms with van der Waals surface area (Å²) in [5, 5.41) is 3.35. The van der Waals surface area contributed by atoms with Gasteiger partial charge in [-0.3, -0.25) is 14.5 Å². The van der Waals surface area contributed by atoms with Gasteiger partial charge in [-0.25, -0.2) is 0 Å². The van der Waals surface area contributed by atoms with Crippen molar-refractivity contribution in [2.75, 3.05) is 33.4 Å². The van der Waals surface area contributed by atoms with Crippen LogP contribution in [0.25, 0.3) is 0 Å². The Balaban J connectivity index is 2.09. The lowest BCUT2D eigenvalue weighted by Gasteiger charge is -2.39. The zero-order valence-electron chi connectivity index (χ0n) is 11.2. The summed E-state index contributed by atoms with van der Waals surface area (Å²) in [6.45, 7) is 4.72. The van der Waals surface area contributed by atoms with Crippen LogP contribution in [0.4, 0.5) is 0 Å². The SMILES string of the molecule is COCC1(CN2C(=O)CC(C)C2=O)CCCNC1. The maximum Gasteiger partial charge on any atom is 0.232 e. The molecule has 0 aromatic rings. The van der Waals surface area contributed by atoms with E-state index in [1.54, 1.807) is 7.11 Å². The molecule has 5 nitrogen and oxygen atoms in total. The van der Waals surface area contributed by atoms with Crippen molar-refractivity contribution in [1.82, 2.24) is 10.2 Å². The van der Waals surface area contributed by atoms with Crippen molar-refractivity contribution in [1.29, 1.82) is 0 Å². The number of ether oxygens (including phenoxy) is 1. The number of methoxy groups -OCH3 is 1. The average Bonchev–Trinajstić information content (AvgIpc) is 2.58. The van der Waals surface area contributed by atoms with Crippen LogP contribution in [-0.4, -0.2) is 50.1 Å². The van der Waals surface area contributed by atoms with E-state index in [4.69, 9.17) is 4.74 Å². The first-order valence-corrected chi connectivity index (χ1v) is 6.62. The van der Waals surface area contributed by atoms with Crippen molar-refractivity contribution in [2.24, 2.45) is 11.3 Å². The Kier molecular flexibility index (Phi) is 4.02. The molecule has 5 heteroatoms. The van der Waals surface area contributed by atoms with Crippen molar-refractivity contribution in [2.45, 2.75) is 26.2 Å². The van der Waals surface area contributed by atoms with Gasteiger partial charge in [0.15, 0.2) is 0 Å². The molecule has 2 aliphatic rings. The monoisotopic (exact) mass is 254 g/mol. The molecule has 2 unspecified atom stereocenters. The third kappa shape index (κ3) is 2.57. The van der Waals surface area contributed by atoms with E-state index in [0.29, 0.717) is 19.6 Å². The number of nitrogens with one attached hydrogen (secondary N) is 1. The minimum Gasteiger partial charge on any atom is -0.384 e. The number of likely N-dealkylation sites (tertiary alicyclic amines) is 1. The quantitative estimate of drug-likeness (QED) is 0.738. The first-order valence-electron chi connectivity index (χ1n) is 6.62. The third-order valence-corrected chi connectivity index (χ3v) is 3.97. The zero-order valence-corrected chi connectivity index (χ0v) is 11.2. The highest BCUT2D eigenvalue weighted by Crippen LogP contribution is 2.31. The minimum atomic E-state index is -0.159. The molecule has 0 bridgehead atoms. The normalized spacial score (nSPS) is 33.2. The van der Waals surface area contributed by atoms with Crippen LogP contribution in [0.15, 0.2) is 0 Å². The molecule has 0 aliphatic carbocycles. The second-order valence-electron chi connectivity index (χ2n) is 5.64. The number of imide groups is 1. The Morgan fingerprint density at radius 3 is 2.78 bits per heavy atom. The Labute approximate surface area is 108 Å². The molecule has 18 heavy (non-hydrogen) atoms. The lowest BCUT2D eigenvalue weighted by atomic mass is 9.81. The summed E-state index contributed by atoms with van der Waals surface area (Å²) in [5.41, 5.74) is -0.109. The summed E-state index contributed by atoms with van der Waals surface area (Å²) in [7, 11) is 1.67. The molecule has 2 atom stereocenters. The predicted molar refractivity (Wildman–Crippen MR) is 66.9 cm³/mol. The second-order valence-corrected chi connectivity index (χ2v) is 5.64. The lowest BCUT2D eigenvalue weighted by Crippen LogP contribution is -2.51. The van der Waals surface area contributed by atoms with Crippen LogP contribution in [-0.2, 0) is 14.3 Å². The van der Waals surface area contributed by atoms with Crippen molar-refractivity contribution in [3.8, 4) is 0 Å². The van der Waals surface area contributed by atoms with E-state index < -0.39 is 0 Å². The third-order valence-electron chi connectivity index (χ3n) is 3.97. The van der Waals surface area contributed by atoms with Gasteiger partial charge in [0.05, 0.1) is 6.61 Å². The molecule has 2 saturated heterocycles. The molecule has 2 amide bonds. The van der Waals surface area contributed by atoms with Crippen LogP contribution in [0.3, 0.4) is 0 Å². The van der Waals surface area contributed by atoms with Crippen LogP contribution < -0.4 is 5.32 Å². The number of piperidine rings is 1. The van der Waals surface area contributed by atoms with E-state index in [9.17, 15) is 9.59 Å². The van der Waals surface area contributed by atoms with Gasteiger partial charge >= 0.3 is 0 Å². The Bertz CT molecular complexity index is 332. The van der Waals surface area contributed by atoms with Crippen LogP contribution >= 0.6 is 0 Å². The fourth-order valence-electron chi connectivity index (χ4n) is 2.99. The highest BCUT2D eigenvalue weighted by atomic mass is 16.5. The topological polar surface area (TPSA) is 58.6 Å². The summed E-state index contributed by atoms with van der Waals surface area (Å²) in [4.78, 5) is 25.3. The van der Waals surface area contributed by atoms with Crippen molar-refractivity contribution >= 4 is 11.8 Å². The molecular weight excluding hydrogens is 232 g/mol. The molecule has 2 fully saturated rings. The summed E-state index contributed by atoms with van der Waals surface area (Å²) < 4.78 is 5.30. The molecular formula is C13H22N2O3. The number of rotatable bonds is 4. The molecule has 1 N–H and O–H groups in total. The van der Waals surface area contributed by atoms with Crippen molar-refractivity contribution < 1.29 is 14.3 Å². The average molecular weight is 254 g/mol. The maximum absolute atomic E-state index is 12.0. The first kappa shape index (κ1) is 13.5. The number of amides is 2. The van der Waals surface area contributed by atoms with E-state index in [0.717, 1.165) is 25.9 Å². The minimum absolute atomic E-state index is 0.0268. The highest BCUT2D eigenvalue weighted by molar-refractivity contribution is 6.03. The number of hydrogen-bond donors (Lipinski definition) is 1. The van der Waals surface area contributed by atoms with Crippen LogP contribution in [0, 0.1) is 11.3 Å². The maximum atomic E-state index is 12.0. The molecule has 0 radical (unpaired) electrons. The number of carbonyl (C=O) groups excluding carboxylic acids is 2. The van der Waals surface area contributed by atoms with Gasteiger partial charge in [-0.2, -0.15) is 0 Å². The summed E-state index contributed by atoms with van der Waals surface area (Å²) in [6, 6.07) is 0. The largest absolute Gasteiger partial charge is 0.384 e. The predicted octanol–water partition coefficient (Wildman–Crippen LogP) is 0.398. The van der Waals surface area contributed by atoms with E-state index in [1.165, 1.54) is 4.90 Å². The summed E-state index contributed by atoms with van der Waals surface area (Å²) >= 11 is 0. The van der Waals surface area contributed by atoms with Crippen LogP contribution in [0.1, 0.15) is 26.2 Å². The van der Waals surface area contributed by atoms with Gasteiger partial charge in [-0.1, -0.05) is 6.92 Å². The van der Waals surface area contributed by atoms with Gasteiger partial charge in [0, 0.05) is 38.0 Å². The smallest absolute Gasteiger partial charge is 0.232 e. The Morgan fingerprint density at radius 2 is 2.28 bits per heavy atom. The van der Waals surface area contributed by atoms with Crippen molar-refractivity contribution in [3.63, 3.8) is 0 Å². The fourth-order valence-corrected chi connectivity index (χ4v) is 2.99. The van der Waals surface area contributed by atoms with E-state index in [-0.39, 0.29) is 23.1 Å². The Hall–Kier alpha value is -0.940. The van der Waals surface area contributed by atoms with E-state index in [1.807, 2.05) is 6.92 Å². The van der Waals surface area contributed by atoms with Crippen molar-refractivity contribution in [3.05, 3.63) is 0 Å². The summed E-state index contributed by atoms with van der Waals surface area (Å²) in [5.74, 6) is -0.219. The molecule has 0 spiro atoms. The Morgan fingerprint density at radius 1 is 1.50 bits per heavy atom. The highest BCUT2D eigenvalue weighted by Gasteiger charge is 2.42. The second kappa shape index (κ2) is 5.36. The van der Waals surface area contributed by atoms with Gasteiger partial charge < -0.3 is 10.1 Å². The summed E-state index contributed by atoms with van der Waals surface area (Å²) in [6.07, 6.45) is 2.42. The van der Waals surface area contributed by atoms with Gasteiger partial charge in [0.25, 0.3) is 0 Å². The molecule has 0 aromatic heterocycles. The standard InChI is InChI=1S/C13H22N2O3/c1-10-6-11(16)15(12(10)17)8-13(9-18-2)4-3-5-14-7-13/h10,14H,3-9H2,1-2H3. The molecule has 0 saturated carbocycles. The van der Waals surface area contributed by atoms with Gasteiger partial charge in [-0.15, -0.1) is 0 Å².